The van der Waals surface area contributed by atoms with Crippen LogP contribution in [-0.4, -0.2) is 17.2 Å². The Balaban J connectivity index is 2.57. The molecule has 0 aliphatic carbocycles. The Morgan fingerprint density at radius 1 is 1.23 bits per heavy atom. The average Bonchev–Trinajstić information content (AvgIpc) is 2.31. The SMILES string of the molecule is Cc1ccc(N)c(NC(C)(C)CCCC(C)(C)OC(N)=O)c1. The minimum atomic E-state index is -0.727. The smallest absolute Gasteiger partial charge is 0.405 e. The number of nitrogens with one attached hydrogen (secondary N) is 1. The Labute approximate surface area is 133 Å². The van der Waals surface area contributed by atoms with Crippen LogP contribution in [0, 0.1) is 6.92 Å². The number of hydrogen-bond acceptors (Lipinski definition) is 4. The minimum Gasteiger partial charge on any atom is -0.444 e. The molecule has 1 amide bonds. The molecule has 0 fully saturated rings. The van der Waals surface area contributed by atoms with Crippen molar-refractivity contribution in [3.05, 3.63) is 23.8 Å². The Morgan fingerprint density at radius 3 is 2.45 bits per heavy atom. The quantitative estimate of drug-likeness (QED) is 0.668. The summed E-state index contributed by atoms with van der Waals surface area (Å²) in [6.45, 7) is 10.1. The maximum absolute atomic E-state index is 10.9. The van der Waals surface area contributed by atoms with Crippen LogP contribution in [0.2, 0.25) is 0 Å². The van der Waals surface area contributed by atoms with Gasteiger partial charge in [0.1, 0.15) is 5.60 Å². The van der Waals surface area contributed by atoms with E-state index in [4.69, 9.17) is 16.2 Å². The van der Waals surface area contributed by atoms with Crippen molar-refractivity contribution in [1.29, 1.82) is 0 Å². The summed E-state index contributed by atoms with van der Waals surface area (Å²) in [6.07, 6.45) is 1.86. The number of rotatable bonds is 7. The number of nitrogens with two attached hydrogens (primary N) is 2. The summed E-state index contributed by atoms with van der Waals surface area (Å²) in [7, 11) is 0. The van der Waals surface area contributed by atoms with E-state index in [0.29, 0.717) is 0 Å². The van der Waals surface area contributed by atoms with Crippen molar-refractivity contribution in [3.63, 3.8) is 0 Å². The number of anilines is 2. The molecule has 0 aromatic heterocycles. The van der Waals surface area contributed by atoms with Gasteiger partial charge in [-0.25, -0.2) is 4.79 Å². The average molecular weight is 307 g/mol. The number of ether oxygens (including phenoxy) is 1. The molecule has 0 saturated heterocycles. The van der Waals surface area contributed by atoms with Gasteiger partial charge in [0.15, 0.2) is 0 Å². The van der Waals surface area contributed by atoms with Crippen molar-refractivity contribution < 1.29 is 9.53 Å². The largest absolute Gasteiger partial charge is 0.444 e. The molecule has 5 nitrogen and oxygen atoms in total. The molecule has 5 heteroatoms. The fourth-order valence-electron chi connectivity index (χ4n) is 2.48. The minimum absolute atomic E-state index is 0.106. The summed E-state index contributed by atoms with van der Waals surface area (Å²) in [4.78, 5) is 10.9. The molecule has 0 bridgehead atoms. The highest BCUT2D eigenvalue weighted by Gasteiger charge is 2.24. The molecule has 22 heavy (non-hydrogen) atoms. The van der Waals surface area contributed by atoms with Crippen LogP contribution in [0.4, 0.5) is 16.2 Å². The normalized spacial score (nSPS) is 12.0. The zero-order chi connectivity index (χ0) is 17.0. The Morgan fingerprint density at radius 2 is 1.86 bits per heavy atom. The van der Waals surface area contributed by atoms with E-state index in [1.54, 1.807) is 0 Å². The third kappa shape index (κ3) is 6.24. The van der Waals surface area contributed by atoms with E-state index < -0.39 is 11.7 Å². The van der Waals surface area contributed by atoms with Crippen LogP contribution in [0.25, 0.3) is 0 Å². The molecular formula is C17H29N3O2. The van der Waals surface area contributed by atoms with Gasteiger partial charge in [0.2, 0.25) is 0 Å². The van der Waals surface area contributed by atoms with Gasteiger partial charge in [0, 0.05) is 5.54 Å². The maximum atomic E-state index is 10.9. The maximum Gasteiger partial charge on any atom is 0.405 e. The van der Waals surface area contributed by atoms with Gasteiger partial charge in [-0.15, -0.1) is 0 Å². The van der Waals surface area contributed by atoms with Crippen molar-refractivity contribution in [2.24, 2.45) is 5.73 Å². The van der Waals surface area contributed by atoms with Gasteiger partial charge in [-0.1, -0.05) is 6.07 Å². The van der Waals surface area contributed by atoms with E-state index >= 15 is 0 Å². The first kappa shape index (κ1) is 18.1. The number of amides is 1. The molecular weight excluding hydrogens is 278 g/mol. The van der Waals surface area contributed by atoms with Gasteiger partial charge >= 0.3 is 6.09 Å². The van der Waals surface area contributed by atoms with Crippen LogP contribution in [-0.2, 0) is 4.74 Å². The number of aryl methyl sites for hydroxylation is 1. The van der Waals surface area contributed by atoms with Gasteiger partial charge in [0.05, 0.1) is 11.4 Å². The predicted octanol–water partition coefficient (Wildman–Crippen LogP) is 3.81. The second-order valence-corrected chi connectivity index (χ2v) is 7.13. The van der Waals surface area contributed by atoms with Crippen LogP contribution < -0.4 is 16.8 Å². The first-order valence-electron chi connectivity index (χ1n) is 7.63. The summed E-state index contributed by atoms with van der Waals surface area (Å²) < 4.78 is 5.10. The first-order valence-corrected chi connectivity index (χ1v) is 7.63. The fourth-order valence-corrected chi connectivity index (χ4v) is 2.48. The van der Waals surface area contributed by atoms with E-state index in [1.165, 1.54) is 5.56 Å². The van der Waals surface area contributed by atoms with Gasteiger partial charge in [-0.3, -0.25) is 0 Å². The molecule has 0 aliphatic rings. The Kier molecular flexibility index (Phi) is 5.69. The fraction of sp³-hybridized carbons (Fsp3) is 0.588. The molecule has 5 N–H and O–H groups in total. The molecule has 1 aromatic rings. The lowest BCUT2D eigenvalue weighted by Gasteiger charge is -2.30. The van der Waals surface area contributed by atoms with E-state index in [-0.39, 0.29) is 5.54 Å². The van der Waals surface area contributed by atoms with Crippen molar-refractivity contribution in [1.82, 2.24) is 0 Å². The second kappa shape index (κ2) is 6.90. The molecule has 0 saturated carbocycles. The van der Waals surface area contributed by atoms with Crippen molar-refractivity contribution in [2.45, 2.75) is 65.0 Å². The Hall–Kier alpha value is -1.91. The van der Waals surface area contributed by atoms with Crippen molar-refractivity contribution in [3.8, 4) is 0 Å². The van der Waals surface area contributed by atoms with Crippen LogP contribution in [0.1, 0.15) is 52.5 Å². The van der Waals surface area contributed by atoms with E-state index in [2.05, 4.69) is 25.2 Å². The van der Waals surface area contributed by atoms with Crippen LogP contribution in [0.3, 0.4) is 0 Å². The summed E-state index contributed by atoms with van der Waals surface area (Å²) in [5, 5.41) is 3.50. The van der Waals surface area contributed by atoms with Crippen LogP contribution >= 0.6 is 0 Å². The summed E-state index contributed by atoms with van der Waals surface area (Å²) in [5.74, 6) is 0. The van der Waals surface area contributed by atoms with Gasteiger partial charge in [-0.2, -0.15) is 0 Å². The first-order chi connectivity index (χ1) is 10.0. The number of carbonyl (C=O) groups is 1. The number of benzene rings is 1. The lowest BCUT2D eigenvalue weighted by molar-refractivity contribution is 0.0366. The topological polar surface area (TPSA) is 90.4 Å². The summed E-state index contributed by atoms with van der Waals surface area (Å²) >= 11 is 0. The van der Waals surface area contributed by atoms with Gasteiger partial charge in [0.25, 0.3) is 0 Å². The highest BCUT2D eigenvalue weighted by Crippen LogP contribution is 2.27. The van der Waals surface area contributed by atoms with Crippen molar-refractivity contribution in [2.75, 3.05) is 11.1 Å². The molecule has 1 aromatic carbocycles. The van der Waals surface area contributed by atoms with E-state index in [0.717, 1.165) is 30.6 Å². The summed E-state index contributed by atoms with van der Waals surface area (Å²) in [6, 6.07) is 5.96. The highest BCUT2D eigenvalue weighted by atomic mass is 16.6. The number of primary amides is 1. The molecule has 124 valence electrons. The standard InChI is InChI=1S/C17H29N3O2/c1-12-7-8-13(18)14(11-12)20-16(2,3)9-6-10-17(4,5)22-15(19)21/h7-8,11,20H,6,9-10,18H2,1-5H3,(H2,19,21). The third-order valence-electron chi connectivity index (χ3n) is 3.64. The molecule has 0 atom stereocenters. The molecule has 0 heterocycles. The van der Waals surface area contributed by atoms with Crippen LogP contribution in [0.15, 0.2) is 18.2 Å². The van der Waals surface area contributed by atoms with Crippen molar-refractivity contribution >= 4 is 17.5 Å². The molecule has 0 aliphatic heterocycles. The molecule has 0 radical (unpaired) electrons. The predicted molar refractivity (Wildman–Crippen MR) is 91.9 cm³/mol. The monoisotopic (exact) mass is 307 g/mol. The zero-order valence-electron chi connectivity index (χ0n) is 14.3. The second-order valence-electron chi connectivity index (χ2n) is 7.13. The van der Waals surface area contributed by atoms with Gasteiger partial charge < -0.3 is 21.5 Å². The molecule has 0 unspecified atom stereocenters. The van der Waals surface area contributed by atoms with Gasteiger partial charge in [-0.05, 0) is 71.6 Å². The van der Waals surface area contributed by atoms with E-state index in [9.17, 15) is 4.79 Å². The lowest BCUT2D eigenvalue weighted by Crippen LogP contribution is -2.34. The lowest BCUT2D eigenvalue weighted by atomic mass is 9.92. The summed E-state index contributed by atoms with van der Waals surface area (Å²) in [5.41, 5.74) is 13.3. The number of nitrogen functional groups attached to an aromatic ring is 1. The Bertz CT molecular complexity index is 525. The zero-order valence-corrected chi connectivity index (χ0v) is 14.3. The molecule has 1 rings (SSSR count). The number of hydrogen-bond donors (Lipinski definition) is 3. The highest BCUT2D eigenvalue weighted by molar-refractivity contribution is 5.67. The van der Waals surface area contributed by atoms with E-state index in [1.807, 2.05) is 32.9 Å². The molecule has 0 spiro atoms. The number of carbonyl (C=O) groups excluding carboxylic acids is 1. The van der Waals surface area contributed by atoms with Crippen LogP contribution in [0.5, 0.6) is 0 Å². The third-order valence-corrected chi connectivity index (χ3v) is 3.64.